The van der Waals surface area contributed by atoms with Crippen LogP contribution in [0, 0.1) is 0 Å². The van der Waals surface area contributed by atoms with Crippen LogP contribution in [0.2, 0.25) is 0 Å². The first-order valence-corrected chi connectivity index (χ1v) is 7.81. The molecule has 1 aromatic heterocycles. The van der Waals surface area contributed by atoms with Crippen LogP contribution in [0.3, 0.4) is 0 Å². The van der Waals surface area contributed by atoms with Crippen LogP contribution in [0.4, 0.5) is 5.69 Å². The molecule has 1 fully saturated rings. The van der Waals surface area contributed by atoms with E-state index in [9.17, 15) is 8.42 Å². The van der Waals surface area contributed by atoms with E-state index < -0.39 is 10.0 Å². The van der Waals surface area contributed by atoms with Crippen molar-refractivity contribution < 1.29 is 8.42 Å². The van der Waals surface area contributed by atoms with Crippen LogP contribution in [0.15, 0.2) is 23.4 Å². The van der Waals surface area contributed by atoms with E-state index in [1.807, 2.05) is 7.05 Å². The van der Waals surface area contributed by atoms with Crippen molar-refractivity contribution in [3.8, 4) is 0 Å². The maximum atomic E-state index is 12.5. The van der Waals surface area contributed by atoms with E-state index in [0.29, 0.717) is 13.1 Å². The van der Waals surface area contributed by atoms with Crippen molar-refractivity contribution in [1.29, 1.82) is 0 Å². The van der Waals surface area contributed by atoms with E-state index in [2.05, 4.69) is 16.8 Å². The Hall–Kier alpha value is -1.18. The first-order chi connectivity index (χ1) is 8.96. The van der Waals surface area contributed by atoms with Crippen molar-refractivity contribution in [3.05, 3.63) is 18.3 Å². The molecule has 1 saturated heterocycles. The van der Waals surface area contributed by atoms with Gasteiger partial charge < -0.3 is 10.6 Å². The number of nitrogens with two attached hydrogens (primary N) is 1. The fourth-order valence-electron chi connectivity index (χ4n) is 2.32. The fraction of sp³-hybridized carbons (Fsp3) is 0.583. The summed E-state index contributed by atoms with van der Waals surface area (Å²) in [4.78, 5) is 6.12. The molecule has 1 aromatic rings. The zero-order valence-corrected chi connectivity index (χ0v) is 12.1. The van der Waals surface area contributed by atoms with Crippen LogP contribution < -0.4 is 5.73 Å². The largest absolute Gasteiger partial charge is 0.396 e. The summed E-state index contributed by atoms with van der Waals surface area (Å²) in [6, 6.07) is 3.44. The molecule has 0 aliphatic carbocycles. The molecule has 6 nitrogen and oxygen atoms in total. The predicted molar refractivity (Wildman–Crippen MR) is 74.1 cm³/mol. The highest BCUT2D eigenvalue weighted by Gasteiger charge is 2.33. The van der Waals surface area contributed by atoms with Gasteiger partial charge in [0.05, 0.1) is 5.69 Å². The van der Waals surface area contributed by atoms with Gasteiger partial charge in [0.1, 0.15) is 0 Å². The summed E-state index contributed by atoms with van der Waals surface area (Å²) in [5, 5.41) is -0.0330. The predicted octanol–water partition coefficient (Wildman–Crippen LogP) is 0.379. The normalized spacial score (nSPS) is 22.5. The van der Waals surface area contributed by atoms with Gasteiger partial charge in [0.15, 0.2) is 5.03 Å². The topological polar surface area (TPSA) is 79.5 Å². The highest BCUT2D eigenvalue weighted by molar-refractivity contribution is 7.89. The third-order valence-electron chi connectivity index (χ3n) is 3.60. The maximum Gasteiger partial charge on any atom is 0.262 e. The second-order valence-corrected chi connectivity index (χ2v) is 6.66. The number of nitrogens with zero attached hydrogens (tertiary/aromatic N) is 3. The molecule has 2 rings (SSSR count). The quantitative estimate of drug-likeness (QED) is 0.868. The van der Waals surface area contributed by atoms with Gasteiger partial charge >= 0.3 is 0 Å². The van der Waals surface area contributed by atoms with Gasteiger partial charge in [-0.25, -0.2) is 13.4 Å². The Bertz CT molecular complexity index is 546. The first kappa shape index (κ1) is 14.2. The summed E-state index contributed by atoms with van der Waals surface area (Å²) in [5.41, 5.74) is 5.93. The molecule has 0 amide bonds. The lowest BCUT2D eigenvalue weighted by molar-refractivity contribution is 0.144. The molecule has 1 aliphatic heterocycles. The number of aromatic nitrogens is 1. The number of rotatable bonds is 3. The van der Waals surface area contributed by atoms with Crippen molar-refractivity contribution in [2.24, 2.45) is 0 Å². The molecule has 7 heteroatoms. The molecule has 19 heavy (non-hydrogen) atoms. The molecule has 0 radical (unpaired) electrons. The average molecular weight is 284 g/mol. The van der Waals surface area contributed by atoms with Gasteiger partial charge in [-0.05, 0) is 25.6 Å². The van der Waals surface area contributed by atoms with Gasteiger partial charge in [-0.1, -0.05) is 6.92 Å². The Morgan fingerprint density at radius 3 is 2.84 bits per heavy atom. The van der Waals surface area contributed by atoms with Crippen LogP contribution in [0.25, 0.3) is 0 Å². The van der Waals surface area contributed by atoms with Crippen LogP contribution in [-0.4, -0.2) is 55.3 Å². The Morgan fingerprint density at radius 2 is 2.21 bits per heavy atom. The first-order valence-electron chi connectivity index (χ1n) is 6.37. The van der Waals surface area contributed by atoms with Gasteiger partial charge in [-0.2, -0.15) is 4.31 Å². The molecule has 106 valence electrons. The number of hydrogen-bond acceptors (Lipinski definition) is 5. The number of likely N-dealkylation sites (N-methyl/N-ethyl adjacent to an activating group) is 1. The summed E-state index contributed by atoms with van der Waals surface area (Å²) >= 11 is 0. The Kier molecular flexibility index (Phi) is 4.07. The summed E-state index contributed by atoms with van der Waals surface area (Å²) in [6.45, 7) is 3.76. The second-order valence-electron chi connectivity index (χ2n) is 4.80. The monoisotopic (exact) mass is 284 g/mol. The molecule has 0 spiro atoms. The molecular formula is C12H20N4O2S. The minimum Gasteiger partial charge on any atom is -0.396 e. The highest BCUT2D eigenvalue weighted by Crippen LogP contribution is 2.22. The minimum absolute atomic E-state index is 0.0330. The molecular weight excluding hydrogens is 264 g/mol. The van der Waals surface area contributed by atoms with Crippen molar-refractivity contribution in [2.75, 3.05) is 32.4 Å². The van der Waals surface area contributed by atoms with Gasteiger partial charge in [-0.15, -0.1) is 0 Å². The maximum absolute atomic E-state index is 12.5. The number of pyridine rings is 1. The Morgan fingerprint density at radius 1 is 1.47 bits per heavy atom. The Labute approximate surface area is 114 Å². The van der Waals surface area contributed by atoms with E-state index >= 15 is 0 Å². The van der Waals surface area contributed by atoms with E-state index in [4.69, 9.17) is 5.73 Å². The van der Waals surface area contributed by atoms with Gasteiger partial charge in [0, 0.05) is 31.9 Å². The van der Waals surface area contributed by atoms with Crippen molar-refractivity contribution in [3.63, 3.8) is 0 Å². The fourth-order valence-corrected chi connectivity index (χ4v) is 3.81. The summed E-state index contributed by atoms with van der Waals surface area (Å²) in [7, 11) is -1.57. The molecule has 1 unspecified atom stereocenters. The average Bonchev–Trinajstić information content (AvgIpc) is 2.39. The lowest BCUT2D eigenvalue weighted by Gasteiger charge is -2.38. The molecule has 0 aromatic carbocycles. The van der Waals surface area contributed by atoms with E-state index in [0.717, 1.165) is 13.0 Å². The van der Waals surface area contributed by atoms with Crippen LogP contribution in [0.5, 0.6) is 0 Å². The zero-order valence-electron chi connectivity index (χ0n) is 11.3. The van der Waals surface area contributed by atoms with E-state index in [1.54, 1.807) is 12.1 Å². The zero-order chi connectivity index (χ0) is 14.0. The smallest absolute Gasteiger partial charge is 0.262 e. The van der Waals surface area contributed by atoms with Crippen molar-refractivity contribution >= 4 is 15.7 Å². The second kappa shape index (κ2) is 5.44. The van der Waals surface area contributed by atoms with Gasteiger partial charge in [0.25, 0.3) is 10.0 Å². The summed E-state index contributed by atoms with van der Waals surface area (Å²) in [5.74, 6) is 0. The number of piperazine rings is 1. The molecule has 0 saturated carbocycles. The lowest BCUT2D eigenvalue weighted by Crippen LogP contribution is -2.53. The molecule has 1 atom stereocenters. The standard InChI is InChI=1S/C12H20N4O2S/c1-3-10-9-16(8-7-15(10)2)19(17,18)12-11(13)5-4-6-14-12/h4-6,10H,3,7-9,13H2,1-2H3. The molecule has 2 heterocycles. The molecule has 2 N–H and O–H groups in total. The van der Waals surface area contributed by atoms with Crippen LogP contribution in [0.1, 0.15) is 13.3 Å². The van der Waals surface area contributed by atoms with Gasteiger partial charge in [0.2, 0.25) is 0 Å². The molecule has 0 bridgehead atoms. The van der Waals surface area contributed by atoms with Crippen molar-refractivity contribution in [1.82, 2.24) is 14.2 Å². The van der Waals surface area contributed by atoms with E-state index in [1.165, 1.54) is 10.5 Å². The summed E-state index contributed by atoms with van der Waals surface area (Å²) in [6.07, 6.45) is 2.37. The Balaban J connectivity index is 2.28. The number of anilines is 1. The third kappa shape index (κ3) is 2.72. The third-order valence-corrected chi connectivity index (χ3v) is 5.44. The minimum atomic E-state index is -3.59. The van der Waals surface area contributed by atoms with Crippen molar-refractivity contribution in [2.45, 2.75) is 24.4 Å². The highest BCUT2D eigenvalue weighted by atomic mass is 32.2. The SMILES string of the molecule is CCC1CN(S(=O)(=O)c2ncccc2N)CCN1C. The van der Waals surface area contributed by atoms with E-state index in [-0.39, 0.29) is 16.8 Å². The van der Waals surface area contributed by atoms with Gasteiger partial charge in [-0.3, -0.25) is 0 Å². The van der Waals surface area contributed by atoms with Crippen LogP contribution >= 0.6 is 0 Å². The number of nitrogen functional groups attached to an aromatic ring is 1. The van der Waals surface area contributed by atoms with Crippen LogP contribution in [-0.2, 0) is 10.0 Å². The number of sulfonamides is 1. The number of hydrogen-bond donors (Lipinski definition) is 1. The summed E-state index contributed by atoms with van der Waals surface area (Å²) < 4.78 is 26.6. The lowest BCUT2D eigenvalue weighted by atomic mass is 10.1. The molecule has 1 aliphatic rings.